The zero-order valence-corrected chi connectivity index (χ0v) is 11.7. The number of rotatable bonds is 4. The van der Waals surface area contributed by atoms with Crippen LogP contribution in [0.1, 0.15) is 18.4 Å². The minimum absolute atomic E-state index is 0.0599. The van der Waals surface area contributed by atoms with Crippen LogP contribution in [0, 0.1) is 22.7 Å². The maximum atomic E-state index is 12.5. The van der Waals surface area contributed by atoms with Crippen LogP contribution < -0.4 is 10.2 Å². The van der Waals surface area contributed by atoms with E-state index in [2.05, 4.69) is 5.32 Å². The standard InChI is InChI=1S/C16H16N4O/c17-8-4-9-19-12-14(11-18)16(21)20-10-3-6-13-5-1-2-7-15(13)20/h1-2,5,7,12,19H,3-4,6,9-10H2/b14-12-. The van der Waals surface area contributed by atoms with Gasteiger partial charge in [0.25, 0.3) is 5.91 Å². The number of amides is 1. The van der Waals surface area contributed by atoms with E-state index < -0.39 is 0 Å². The van der Waals surface area contributed by atoms with Crippen LogP contribution in [0.4, 0.5) is 5.69 Å². The predicted octanol–water partition coefficient (Wildman–Crippen LogP) is 1.88. The molecule has 0 aromatic heterocycles. The van der Waals surface area contributed by atoms with Gasteiger partial charge >= 0.3 is 0 Å². The van der Waals surface area contributed by atoms with Gasteiger partial charge in [-0.3, -0.25) is 4.79 Å². The fourth-order valence-electron chi connectivity index (χ4n) is 2.33. The van der Waals surface area contributed by atoms with Crippen LogP contribution >= 0.6 is 0 Å². The summed E-state index contributed by atoms with van der Waals surface area (Å²) in [5, 5.41) is 20.4. The van der Waals surface area contributed by atoms with Crippen LogP contribution in [0.5, 0.6) is 0 Å². The summed E-state index contributed by atoms with van der Waals surface area (Å²) >= 11 is 0. The van der Waals surface area contributed by atoms with E-state index in [1.54, 1.807) is 4.90 Å². The van der Waals surface area contributed by atoms with E-state index in [-0.39, 0.29) is 11.5 Å². The Kier molecular flexibility index (Phi) is 4.95. The van der Waals surface area contributed by atoms with Gasteiger partial charge in [-0.05, 0) is 24.5 Å². The number of benzene rings is 1. The number of aryl methyl sites for hydroxylation is 1. The van der Waals surface area contributed by atoms with Crippen LogP contribution in [0.25, 0.3) is 0 Å². The molecule has 5 heteroatoms. The third-order valence-electron chi connectivity index (χ3n) is 3.33. The molecule has 1 aliphatic heterocycles. The largest absolute Gasteiger partial charge is 0.389 e. The van der Waals surface area contributed by atoms with E-state index in [1.807, 2.05) is 36.4 Å². The number of nitrogens with one attached hydrogen (secondary N) is 1. The van der Waals surface area contributed by atoms with Crippen LogP contribution in [-0.2, 0) is 11.2 Å². The molecule has 1 aliphatic rings. The fourth-order valence-corrected chi connectivity index (χ4v) is 2.33. The lowest BCUT2D eigenvalue weighted by Gasteiger charge is -2.29. The van der Waals surface area contributed by atoms with E-state index in [0.717, 1.165) is 24.1 Å². The summed E-state index contributed by atoms with van der Waals surface area (Å²) in [6, 6.07) is 11.7. The molecule has 0 aliphatic carbocycles. The predicted molar refractivity (Wildman–Crippen MR) is 79.0 cm³/mol. The lowest BCUT2D eigenvalue weighted by atomic mass is 10.0. The molecule has 0 saturated carbocycles. The van der Waals surface area contributed by atoms with Gasteiger partial charge in [-0.1, -0.05) is 18.2 Å². The zero-order chi connectivity index (χ0) is 15.1. The highest BCUT2D eigenvalue weighted by molar-refractivity contribution is 6.08. The second-order valence-electron chi connectivity index (χ2n) is 4.72. The molecule has 0 spiro atoms. The van der Waals surface area contributed by atoms with Gasteiger partial charge in [0.15, 0.2) is 0 Å². The maximum Gasteiger partial charge on any atom is 0.270 e. The number of fused-ring (bicyclic) bond motifs is 1. The lowest BCUT2D eigenvalue weighted by molar-refractivity contribution is -0.114. The van der Waals surface area contributed by atoms with Gasteiger partial charge in [-0.25, -0.2) is 0 Å². The van der Waals surface area contributed by atoms with E-state index in [0.29, 0.717) is 19.5 Å². The van der Waals surface area contributed by atoms with E-state index in [1.165, 1.54) is 6.20 Å². The molecule has 0 bridgehead atoms. The number of carbonyl (C=O) groups excluding carboxylic acids is 1. The highest BCUT2D eigenvalue weighted by Crippen LogP contribution is 2.27. The van der Waals surface area contributed by atoms with Crippen molar-refractivity contribution in [3.05, 3.63) is 41.6 Å². The Hall–Kier alpha value is -2.79. The van der Waals surface area contributed by atoms with Crippen molar-refractivity contribution in [3.8, 4) is 12.1 Å². The molecule has 1 aromatic rings. The van der Waals surface area contributed by atoms with Crippen molar-refractivity contribution in [1.82, 2.24) is 5.32 Å². The number of carbonyl (C=O) groups is 1. The summed E-state index contributed by atoms with van der Waals surface area (Å²) < 4.78 is 0. The lowest BCUT2D eigenvalue weighted by Crippen LogP contribution is -2.36. The quantitative estimate of drug-likeness (QED) is 0.519. The summed E-state index contributed by atoms with van der Waals surface area (Å²) in [4.78, 5) is 14.1. The van der Waals surface area contributed by atoms with Crippen molar-refractivity contribution in [2.24, 2.45) is 0 Å². The Morgan fingerprint density at radius 1 is 1.38 bits per heavy atom. The first-order valence-corrected chi connectivity index (χ1v) is 6.88. The molecule has 0 atom stereocenters. The van der Waals surface area contributed by atoms with Crippen molar-refractivity contribution < 1.29 is 4.79 Å². The van der Waals surface area contributed by atoms with Crippen molar-refractivity contribution in [2.45, 2.75) is 19.3 Å². The summed E-state index contributed by atoms with van der Waals surface area (Å²) in [6.07, 6.45) is 3.57. The highest BCUT2D eigenvalue weighted by atomic mass is 16.2. The SMILES string of the molecule is N#CCCN/C=C(/C#N)C(=O)N1CCCc2ccccc21. The molecular weight excluding hydrogens is 264 g/mol. The molecule has 5 nitrogen and oxygen atoms in total. The van der Waals surface area contributed by atoms with Crippen LogP contribution in [-0.4, -0.2) is 19.0 Å². The van der Waals surface area contributed by atoms with Crippen molar-refractivity contribution in [3.63, 3.8) is 0 Å². The zero-order valence-electron chi connectivity index (χ0n) is 11.7. The molecular formula is C16H16N4O. The Morgan fingerprint density at radius 2 is 2.19 bits per heavy atom. The van der Waals surface area contributed by atoms with Gasteiger partial charge in [0.1, 0.15) is 11.6 Å². The Balaban J connectivity index is 2.16. The summed E-state index contributed by atoms with van der Waals surface area (Å²) in [5.74, 6) is -0.297. The number of hydrogen-bond acceptors (Lipinski definition) is 4. The molecule has 1 amide bonds. The van der Waals surface area contributed by atoms with Gasteiger partial charge in [0, 0.05) is 25.0 Å². The second-order valence-corrected chi connectivity index (χ2v) is 4.72. The number of anilines is 1. The monoisotopic (exact) mass is 280 g/mol. The minimum atomic E-state index is -0.297. The topological polar surface area (TPSA) is 79.9 Å². The Labute approximate surface area is 124 Å². The smallest absolute Gasteiger partial charge is 0.270 e. The maximum absolute atomic E-state index is 12.5. The Bertz CT molecular complexity index is 636. The van der Waals surface area contributed by atoms with E-state index in [4.69, 9.17) is 10.5 Å². The third kappa shape index (κ3) is 3.40. The summed E-state index contributed by atoms with van der Waals surface area (Å²) in [6.45, 7) is 1.04. The number of nitriles is 2. The fraction of sp³-hybridized carbons (Fsp3) is 0.312. The van der Waals surface area contributed by atoms with Crippen molar-refractivity contribution >= 4 is 11.6 Å². The molecule has 21 heavy (non-hydrogen) atoms. The number of hydrogen-bond donors (Lipinski definition) is 1. The summed E-state index contributed by atoms with van der Waals surface area (Å²) in [7, 11) is 0. The molecule has 2 rings (SSSR count). The molecule has 0 unspecified atom stereocenters. The normalized spacial score (nSPS) is 13.8. The van der Waals surface area contributed by atoms with Crippen molar-refractivity contribution in [2.75, 3.05) is 18.0 Å². The van der Waals surface area contributed by atoms with Gasteiger partial charge in [0.2, 0.25) is 0 Å². The third-order valence-corrected chi connectivity index (χ3v) is 3.33. The molecule has 1 aromatic carbocycles. The highest BCUT2D eigenvalue weighted by Gasteiger charge is 2.24. The first-order chi connectivity index (χ1) is 10.3. The van der Waals surface area contributed by atoms with Gasteiger partial charge in [-0.15, -0.1) is 0 Å². The van der Waals surface area contributed by atoms with Gasteiger partial charge in [0.05, 0.1) is 12.5 Å². The van der Waals surface area contributed by atoms with Crippen LogP contribution in [0.2, 0.25) is 0 Å². The molecule has 106 valence electrons. The Morgan fingerprint density at radius 3 is 2.95 bits per heavy atom. The second kappa shape index (κ2) is 7.12. The molecule has 0 fully saturated rings. The van der Waals surface area contributed by atoms with Crippen LogP contribution in [0.15, 0.2) is 36.0 Å². The summed E-state index contributed by atoms with van der Waals surface area (Å²) in [5.41, 5.74) is 2.07. The molecule has 1 heterocycles. The molecule has 0 radical (unpaired) electrons. The number of nitrogens with zero attached hydrogens (tertiary/aromatic N) is 3. The van der Waals surface area contributed by atoms with E-state index in [9.17, 15) is 4.79 Å². The van der Waals surface area contributed by atoms with Crippen molar-refractivity contribution in [1.29, 1.82) is 10.5 Å². The average molecular weight is 280 g/mol. The number of para-hydroxylation sites is 1. The minimum Gasteiger partial charge on any atom is -0.389 e. The molecule has 1 N–H and O–H groups in total. The first-order valence-electron chi connectivity index (χ1n) is 6.88. The van der Waals surface area contributed by atoms with Gasteiger partial charge < -0.3 is 10.2 Å². The van der Waals surface area contributed by atoms with Crippen LogP contribution in [0.3, 0.4) is 0 Å². The average Bonchev–Trinajstić information content (AvgIpc) is 2.54. The first kappa shape index (κ1) is 14.6. The van der Waals surface area contributed by atoms with E-state index >= 15 is 0 Å². The van der Waals surface area contributed by atoms with Gasteiger partial charge in [-0.2, -0.15) is 10.5 Å². The molecule has 0 saturated heterocycles.